The molecule has 0 spiro atoms. The molecule has 132 valence electrons. The van der Waals surface area contributed by atoms with E-state index in [0.29, 0.717) is 19.0 Å². The highest BCUT2D eigenvalue weighted by Crippen LogP contribution is 2.12. The van der Waals surface area contributed by atoms with Crippen molar-refractivity contribution in [3.05, 3.63) is 51.5 Å². The van der Waals surface area contributed by atoms with Crippen LogP contribution in [0.1, 0.15) is 16.3 Å². The number of hydrogen-bond acceptors (Lipinski definition) is 3. The van der Waals surface area contributed by atoms with E-state index >= 15 is 0 Å². The zero-order chi connectivity index (χ0) is 16.8. The maximum Gasteiger partial charge on any atom is 0.193 e. The Hall–Kier alpha value is -1.29. The molecule has 2 rings (SSSR count). The third-order valence-corrected chi connectivity index (χ3v) is 4.18. The molecular weight excluding hydrogens is 445 g/mol. The van der Waals surface area contributed by atoms with Crippen molar-refractivity contribution in [1.82, 2.24) is 15.2 Å². The molecule has 2 aromatic rings. The van der Waals surface area contributed by atoms with Crippen LogP contribution in [0.2, 0.25) is 0 Å². The SMILES string of the molecule is CN=C(NCCc1c(F)cccc1F)N(C)Cc1csc(C)n1.I. The molecule has 0 saturated heterocycles. The van der Waals surface area contributed by atoms with E-state index < -0.39 is 11.6 Å². The standard InChI is InChI=1S/C16H20F2N4S.HI/c1-11-21-12(10-23-11)9-22(3)16(19-2)20-8-7-13-14(17)5-4-6-15(13)18;/h4-6,10H,7-9H2,1-3H3,(H,19,20);1H. The molecule has 0 unspecified atom stereocenters. The molecule has 0 amide bonds. The van der Waals surface area contributed by atoms with Crippen LogP contribution in [0.4, 0.5) is 8.78 Å². The number of nitrogens with zero attached hydrogens (tertiary/aromatic N) is 3. The Morgan fingerprint density at radius 1 is 1.33 bits per heavy atom. The molecule has 1 N–H and O–H groups in total. The van der Waals surface area contributed by atoms with Gasteiger partial charge in [-0.05, 0) is 25.5 Å². The summed E-state index contributed by atoms with van der Waals surface area (Å²) in [6, 6.07) is 3.90. The first-order chi connectivity index (χ1) is 11.0. The third-order valence-electron chi connectivity index (χ3n) is 3.36. The van der Waals surface area contributed by atoms with Gasteiger partial charge in [-0.3, -0.25) is 4.99 Å². The highest BCUT2D eigenvalue weighted by molar-refractivity contribution is 14.0. The Kier molecular flexibility index (Phi) is 8.54. The van der Waals surface area contributed by atoms with Crippen molar-refractivity contribution < 1.29 is 8.78 Å². The number of aromatic nitrogens is 1. The van der Waals surface area contributed by atoms with E-state index in [1.807, 2.05) is 24.3 Å². The van der Waals surface area contributed by atoms with E-state index in [4.69, 9.17) is 0 Å². The number of rotatable bonds is 5. The van der Waals surface area contributed by atoms with E-state index in [0.717, 1.165) is 10.7 Å². The molecular formula is C16H21F2IN4S. The number of thiazole rings is 1. The predicted molar refractivity (Wildman–Crippen MR) is 105 cm³/mol. The van der Waals surface area contributed by atoms with Gasteiger partial charge in [-0.2, -0.15) is 0 Å². The predicted octanol–water partition coefficient (Wildman–Crippen LogP) is 3.60. The molecule has 0 atom stereocenters. The second-order valence-corrected chi connectivity index (χ2v) is 6.20. The second-order valence-electron chi connectivity index (χ2n) is 5.14. The summed E-state index contributed by atoms with van der Waals surface area (Å²) >= 11 is 1.60. The lowest BCUT2D eigenvalue weighted by Gasteiger charge is -2.21. The van der Waals surface area contributed by atoms with E-state index in [1.54, 1.807) is 18.4 Å². The average molecular weight is 466 g/mol. The van der Waals surface area contributed by atoms with Crippen molar-refractivity contribution in [1.29, 1.82) is 0 Å². The molecule has 0 aliphatic heterocycles. The van der Waals surface area contributed by atoms with Gasteiger partial charge in [0, 0.05) is 31.6 Å². The lowest BCUT2D eigenvalue weighted by molar-refractivity contribution is 0.470. The van der Waals surface area contributed by atoms with Gasteiger partial charge in [-0.1, -0.05) is 6.07 Å². The van der Waals surface area contributed by atoms with Crippen LogP contribution in [0, 0.1) is 18.6 Å². The van der Waals surface area contributed by atoms with Gasteiger partial charge in [-0.25, -0.2) is 13.8 Å². The lowest BCUT2D eigenvalue weighted by atomic mass is 10.1. The Morgan fingerprint density at radius 3 is 2.54 bits per heavy atom. The summed E-state index contributed by atoms with van der Waals surface area (Å²) in [5, 5.41) is 6.14. The number of benzene rings is 1. The van der Waals surface area contributed by atoms with Crippen LogP contribution in [0.3, 0.4) is 0 Å². The highest BCUT2D eigenvalue weighted by Gasteiger charge is 2.11. The minimum Gasteiger partial charge on any atom is -0.356 e. The summed E-state index contributed by atoms with van der Waals surface area (Å²) in [5.74, 6) is -0.381. The number of nitrogens with one attached hydrogen (secondary N) is 1. The molecule has 0 aliphatic rings. The topological polar surface area (TPSA) is 40.5 Å². The summed E-state index contributed by atoms with van der Waals surface area (Å²) in [6.07, 6.45) is 0.251. The van der Waals surface area contributed by atoms with Gasteiger partial charge in [0.25, 0.3) is 0 Å². The molecule has 8 heteroatoms. The van der Waals surface area contributed by atoms with Gasteiger partial charge in [0.15, 0.2) is 5.96 Å². The quantitative estimate of drug-likeness (QED) is 0.416. The number of halogens is 3. The summed E-state index contributed by atoms with van der Waals surface area (Å²) in [5.41, 5.74) is 1.06. The molecule has 0 aliphatic carbocycles. The van der Waals surface area contributed by atoms with Crippen molar-refractivity contribution >= 4 is 41.3 Å². The smallest absolute Gasteiger partial charge is 0.193 e. The first kappa shape index (κ1) is 20.8. The van der Waals surface area contributed by atoms with Crippen molar-refractivity contribution in [2.24, 2.45) is 4.99 Å². The van der Waals surface area contributed by atoms with E-state index in [1.165, 1.54) is 18.2 Å². The minimum absolute atomic E-state index is 0. The van der Waals surface area contributed by atoms with Crippen LogP contribution < -0.4 is 5.32 Å². The number of guanidine groups is 1. The maximum atomic E-state index is 13.6. The fraction of sp³-hybridized carbons (Fsp3) is 0.375. The average Bonchev–Trinajstić information content (AvgIpc) is 2.91. The fourth-order valence-corrected chi connectivity index (χ4v) is 2.86. The summed E-state index contributed by atoms with van der Waals surface area (Å²) in [7, 11) is 3.57. The largest absolute Gasteiger partial charge is 0.356 e. The summed E-state index contributed by atoms with van der Waals surface area (Å²) in [6.45, 7) is 2.98. The van der Waals surface area contributed by atoms with E-state index in [9.17, 15) is 8.78 Å². The van der Waals surface area contributed by atoms with Crippen LogP contribution in [0.5, 0.6) is 0 Å². The van der Waals surface area contributed by atoms with Crippen molar-refractivity contribution in [2.45, 2.75) is 19.9 Å². The normalized spacial score (nSPS) is 11.1. The van der Waals surface area contributed by atoms with Crippen LogP contribution >= 0.6 is 35.3 Å². The number of hydrogen-bond donors (Lipinski definition) is 1. The third kappa shape index (κ3) is 5.66. The molecule has 0 bridgehead atoms. The van der Waals surface area contributed by atoms with Crippen LogP contribution in [-0.2, 0) is 13.0 Å². The molecule has 4 nitrogen and oxygen atoms in total. The minimum atomic E-state index is -0.520. The van der Waals surface area contributed by atoms with E-state index in [2.05, 4.69) is 15.3 Å². The highest BCUT2D eigenvalue weighted by atomic mass is 127. The van der Waals surface area contributed by atoms with E-state index in [-0.39, 0.29) is 36.0 Å². The van der Waals surface area contributed by atoms with Gasteiger partial charge in [0.1, 0.15) is 11.6 Å². The zero-order valence-electron chi connectivity index (χ0n) is 13.8. The lowest BCUT2D eigenvalue weighted by Crippen LogP contribution is -2.39. The second kappa shape index (κ2) is 9.87. The molecule has 1 heterocycles. The molecule has 24 heavy (non-hydrogen) atoms. The Balaban J connectivity index is 0.00000288. The van der Waals surface area contributed by atoms with Gasteiger partial charge < -0.3 is 10.2 Å². The first-order valence-electron chi connectivity index (χ1n) is 7.27. The number of aliphatic imine (C=N–C) groups is 1. The Labute approximate surface area is 162 Å². The van der Waals surface area contributed by atoms with Gasteiger partial charge in [-0.15, -0.1) is 35.3 Å². The van der Waals surface area contributed by atoms with Crippen molar-refractivity contribution in [3.8, 4) is 0 Å². The summed E-state index contributed by atoms with van der Waals surface area (Å²) < 4.78 is 27.2. The van der Waals surface area contributed by atoms with Gasteiger partial charge in [0.2, 0.25) is 0 Å². The van der Waals surface area contributed by atoms with Crippen molar-refractivity contribution in [2.75, 3.05) is 20.6 Å². The summed E-state index contributed by atoms with van der Waals surface area (Å²) in [4.78, 5) is 10.5. The molecule has 0 fully saturated rings. The molecule has 1 aromatic carbocycles. The number of aryl methyl sites for hydroxylation is 1. The zero-order valence-corrected chi connectivity index (χ0v) is 17.0. The van der Waals surface area contributed by atoms with Crippen LogP contribution in [0.25, 0.3) is 0 Å². The molecule has 0 radical (unpaired) electrons. The Morgan fingerprint density at radius 2 is 2.00 bits per heavy atom. The maximum absolute atomic E-state index is 13.6. The Bertz CT molecular complexity index is 670. The van der Waals surface area contributed by atoms with Crippen molar-refractivity contribution in [3.63, 3.8) is 0 Å². The van der Waals surface area contributed by atoms with Crippen LogP contribution in [0.15, 0.2) is 28.6 Å². The van der Waals surface area contributed by atoms with Gasteiger partial charge >= 0.3 is 0 Å². The van der Waals surface area contributed by atoms with Crippen LogP contribution in [-0.4, -0.2) is 36.5 Å². The fourth-order valence-electron chi connectivity index (χ4n) is 2.25. The monoisotopic (exact) mass is 466 g/mol. The molecule has 1 aromatic heterocycles. The van der Waals surface area contributed by atoms with Gasteiger partial charge in [0.05, 0.1) is 17.2 Å². The molecule has 0 saturated carbocycles. The first-order valence-corrected chi connectivity index (χ1v) is 8.15.